The Balaban J connectivity index is 1.69. The first-order chi connectivity index (χ1) is 11.6. The van der Waals surface area contributed by atoms with E-state index in [1.54, 1.807) is 6.20 Å². The van der Waals surface area contributed by atoms with Gasteiger partial charge in [0.05, 0.1) is 11.2 Å². The number of rotatable bonds is 2. The average molecular weight is 386 g/mol. The largest absolute Gasteiger partial charge is 0.360 e. The maximum Gasteiger partial charge on any atom is 0.278 e. The zero-order valence-electron chi connectivity index (χ0n) is 13.2. The zero-order valence-corrected chi connectivity index (χ0v) is 14.8. The molecule has 0 fully saturated rings. The topological polar surface area (TPSA) is 68.0 Å². The van der Waals surface area contributed by atoms with Gasteiger partial charge in [0, 0.05) is 28.0 Å². The van der Waals surface area contributed by atoms with E-state index in [0.717, 1.165) is 46.0 Å². The minimum Gasteiger partial charge on any atom is -0.360 e. The van der Waals surface area contributed by atoms with Crippen LogP contribution in [-0.4, -0.2) is 16.0 Å². The average Bonchev–Trinajstić information content (AvgIpc) is 3.00. The molecule has 4 rings (SSSR count). The number of hydrogen-bond acceptors (Lipinski definition) is 4. The van der Waals surface area contributed by atoms with Crippen molar-refractivity contribution in [2.24, 2.45) is 5.92 Å². The summed E-state index contributed by atoms with van der Waals surface area (Å²) >= 11 is 3.51. The lowest BCUT2D eigenvalue weighted by molar-refractivity contribution is 0.101. The number of nitrogens with one attached hydrogen (secondary N) is 1. The number of nitrogens with zero attached hydrogens (tertiary/aromatic N) is 2. The summed E-state index contributed by atoms with van der Waals surface area (Å²) in [5.74, 6) is 1.14. The van der Waals surface area contributed by atoms with E-state index < -0.39 is 0 Å². The van der Waals surface area contributed by atoms with Crippen molar-refractivity contribution in [2.45, 2.75) is 26.2 Å². The molecule has 0 spiro atoms. The second-order valence-corrected chi connectivity index (χ2v) is 7.08. The van der Waals surface area contributed by atoms with E-state index in [4.69, 9.17) is 4.52 Å². The second-order valence-electron chi connectivity index (χ2n) is 6.23. The van der Waals surface area contributed by atoms with E-state index in [1.807, 2.05) is 24.3 Å². The van der Waals surface area contributed by atoms with Gasteiger partial charge in [-0.1, -0.05) is 34.1 Å². The molecule has 5 nitrogen and oxygen atoms in total. The molecule has 122 valence electrons. The van der Waals surface area contributed by atoms with E-state index in [9.17, 15) is 4.79 Å². The van der Waals surface area contributed by atoms with E-state index in [0.29, 0.717) is 17.3 Å². The van der Waals surface area contributed by atoms with Gasteiger partial charge in [-0.2, -0.15) is 0 Å². The molecule has 6 heteroatoms. The zero-order chi connectivity index (χ0) is 16.7. The molecule has 1 atom stereocenters. The van der Waals surface area contributed by atoms with Crippen LogP contribution in [0.1, 0.15) is 35.2 Å². The number of fused-ring (bicyclic) bond motifs is 2. The van der Waals surface area contributed by atoms with Crippen molar-refractivity contribution in [3.63, 3.8) is 0 Å². The first kappa shape index (κ1) is 15.3. The van der Waals surface area contributed by atoms with Crippen LogP contribution in [0, 0.1) is 5.92 Å². The predicted octanol–water partition coefficient (Wildman–Crippen LogP) is 4.36. The molecule has 0 saturated carbocycles. The van der Waals surface area contributed by atoms with Gasteiger partial charge in [0.15, 0.2) is 5.69 Å². The molecular weight excluding hydrogens is 370 g/mol. The SMILES string of the molecule is CC1CCc2onc(C(=O)Nc3ccc(Br)c4cccnc34)c2C1. The highest BCUT2D eigenvalue weighted by atomic mass is 79.9. The monoisotopic (exact) mass is 385 g/mol. The van der Waals surface area contributed by atoms with Gasteiger partial charge in [-0.25, -0.2) is 0 Å². The minimum absolute atomic E-state index is 0.247. The first-order valence-electron chi connectivity index (χ1n) is 7.95. The third-order valence-corrected chi connectivity index (χ3v) is 5.16. The molecular formula is C18H16BrN3O2. The Hall–Kier alpha value is -2.21. The van der Waals surface area contributed by atoms with Gasteiger partial charge in [0.2, 0.25) is 0 Å². The minimum atomic E-state index is -0.247. The summed E-state index contributed by atoms with van der Waals surface area (Å²) in [7, 11) is 0. The number of carbonyl (C=O) groups is 1. The summed E-state index contributed by atoms with van der Waals surface area (Å²) in [5.41, 5.74) is 2.74. The summed E-state index contributed by atoms with van der Waals surface area (Å²) in [6, 6.07) is 7.57. The van der Waals surface area contributed by atoms with Crippen LogP contribution in [0.3, 0.4) is 0 Å². The number of halogens is 1. The van der Waals surface area contributed by atoms with Gasteiger partial charge in [-0.3, -0.25) is 9.78 Å². The number of aromatic nitrogens is 2. The lowest BCUT2D eigenvalue weighted by Crippen LogP contribution is -2.18. The quantitative estimate of drug-likeness (QED) is 0.711. The molecule has 2 heterocycles. The van der Waals surface area contributed by atoms with Crippen molar-refractivity contribution < 1.29 is 9.32 Å². The molecule has 24 heavy (non-hydrogen) atoms. The van der Waals surface area contributed by atoms with Crippen LogP contribution in [0.15, 0.2) is 39.5 Å². The second kappa shape index (κ2) is 6.02. The summed E-state index contributed by atoms with van der Waals surface area (Å²) < 4.78 is 6.31. The fraction of sp³-hybridized carbons (Fsp3) is 0.278. The number of pyridine rings is 1. The van der Waals surface area contributed by atoms with Crippen molar-refractivity contribution in [1.29, 1.82) is 0 Å². The summed E-state index contributed by atoms with van der Waals surface area (Å²) in [6.45, 7) is 2.18. The summed E-state index contributed by atoms with van der Waals surface area (Å²) in [4.78, 5) is 17.1. The molecule has 0 radical (unpaired) electrons. The van der Waals surface area contributed by atoms with Crippen LogP contribution in [0.4, 0.5) is 5.69 Å². The van der Waals surface area contributed by atoms with Gasteiger partial charge in [-0.15, -0.1) is 0 Å². The summed E-state index contributed by atoms with van der Waals surface area (Å²) in [6.07, 6.45) is 4.47. The van der Waals surface area contributed by atoms with Crippen molar-refractivity contribution in [3.8, 4) is 0 Å². The Morgan fingerprint density at radius 2 is 2.25 bits per heavy atom. The Labute approximate surface area is 147 Å². The molecule has 1 N–H and O–H groups in total. The third-order valence-electron chi connectivity index (χ3n) is 4.47. The van der Waals surface area contributed by atoms with Crippen molar-refractivity contribution in [3.05, 3.63) is 52.0 Å². The molecule has 0 bridgehead atoms. The standard InChI is InChI=1S/C18H16BrN3O2/c1-10-4-7-15-12(9-10)17(22-24-15)18(23)21-14-6-5-13(19)11-3-2-8-20-16(11)14/h2-3,5-6,8,10H,4,7,9H2,1H3,(H,21,23). The van der Waals surface area contributed by atoms with Gasteiger partial charge in [0.1, 0.15) is 5.76 Å². The number of amides is 1. The smallest absolute Gasteiger partial charge is 0.278 e. The molecule has 1 amide bonds. The summed E-state index contributed by atoms with van der Waals surface area (Å²) in [5, 5.41) is 7.89. The van der Waals surface area contributed by atoms with E-state index >= 15 is 0 Å². The van der Waals surface area contributed by atoms with Gasteiger partial charge in [0.25, 0.3) is 5.91 Å². The van der Waals surface area contributed by atoms with Crippen LogP contribution >= 0.6 is 15.9 Å². The van der Waals surface area contributed by atoms with E-state index in [2.05, 4.69) is 38.3 Å². The number of carbonyl (C=O) groups excluding carboxylic acids is 1. The Bertz CT molecular complexity index is 935. The highest BCUT2D eigenvalue weighted by molar-refractivity contribution is 9.10. The molecule has 1 unspecified atom stereocenters. The normalized spacial score (nSPS) is 16.8. The number of aryl methyl sites for hydroxylation is 1. The van der Waals surface area contributed by atoms with E-state index in [1.165, 1.54) is 0 Å². The molecule has 1 aliphatic carbocycles. The molecule has 2 aromatic heterocycles. The molecule has 3 aromatic rings. The lowest BCUT2D eigenvalue weighted by atomic mass is 9.88. The third kappa shape index (κ3) is 2.60. The molecule has 0 aliphatic heterocycles. The molecule has 1 aliphatic rings. The highest BCUT2D eigenvalue weighted by Crippen LogP contribution is 2.30. The van der Waals surface area contributed by atoms with Crippen molar-refractivity contribution >= 4 is 38.4 Å². The Kier molecular flexibility index (Phi) is 3.84. The maximum absolute atomic E-state index is 12.7. The predicted molar refractivity (Wildman–Crippen MR) is 95.1 cm³/mol. The van der Waals surface area contributed by atoms with Crippen LogP contribution in [-0.2, 0) is 12.8 Å². The molecule has 0 saturated heterocycles. The lowest BCUT2D eigenvalue weighted by Gasteiger charge is -2.16. The maximum atomic E-state index is 12.7. The van der Waals surface area contributed by atoms with Crippen LogP contribution < -0.4 is 5.32 Å². The number of hydrogen-bond donors (Lipinski definition) is 1. The van der Waals surface area contributed by atoms with Crippen molar-refractivity contribution in [1.82, 2.24) is 10.1 Å². The fourth-order valence-corrected chi connectivity index (χ4v) is 3.63. The van der Waals surface area contributed by atoms with Crippen molar-refractivity contribution in [2.75, 3.05) is 5.32 Å². The Morgan fingerprint density at radius 1 is 1.38 bits per heavy atom. The van der Waals surface area contributed by atoms with Crippen LogP contribution in [0.2, 0.25) is 0 Å². The van der Waals surface area contributed by atoms with Gasteiger partial charge in [-0.05, 0) is 37.0 Å². The Morgan fingerprint density at radius 3 is 3.12 bits per heavy atom. The first-order valence-corrected chi connectivity index (χ1v) is 8.75. The molecule has 1 aromatic carbocycles. The highest BCUT2D eigenvalue weighted by Gasteiger charge is 2.27. The van der Waals surface area contributed by atoms with Gasteiger partial charge >= 0.3 is 0 Å². The van der Waals surface area contributed by atoms with E-state index in [-0.39, 0.29) is 5.91 Å². The van der Waals surface area contributed by atoms with Crippen LogP contribution in [0.5, 0.6) is 0 Å². The number of anilines is 1. The number of benzene rings is 1. The fourth-order valence-electron chi connectivity index (χ4n) is 3.18. The van der Waals surface area contributed by atoms with Crippen LogP contribution in [0.25, 0.3) is 10.9 Å². The van der Waals surface area contributed by atoms with Gasteiger partial charge < -0.3 is 9.84 Å².